The van der Waals surface area contributed by atoms with Crippen LogP contribution in [0.5, 0.6) is 0 Å². The van der Waals surface area contributed by atoms with E-state index in [4.69, 9.17) is 5.73 Å². The highest BCUT2D eigenvalue weighted by Crippen LogP contribution is 2.57. The van der Waals surface area contributed by atoms with Crippen molar-refractivity contribution in [3.8, 4) is 0 Å². The summed E-state index contributed by atoms with van der Waals surface area (Å²) in [5.74, 6) is 3.21. The Labute approximate surface area is 237 Å². The van der Waals surface area contributed by atoms with Crippen LogP contribution in [-0.2, 0) is 0 Å². The summed E-state index contributed by atoms with van der Waals surface area (Å²) in [4.78, 5) is 2.25. The molecule has 1 heterocycles. The molecule has 3 aliphatic carbocycles. The van der Waals surface area contributed by atoms with E-state index in [-0.39, 0.29) is 30.3 Å². The molecule has 212 valence electrons. The number of nitrogens with zero attached hydrogens (tertiary/aromatic N) is 1. The summed E-state index contributed by atoms with van der Waals surface area (Å²) < 4.78 is 0. The Morgan fingerprint density at radius 3 is 2.44 bits per heavy atom. The fraction of sp³-hybridized carbons (Fsp3) is 0.600. The lowest BCUT2D eigenvalue weighted by Gasteiger charge is -2.51. The van der Waals surface area contributed by atoms with Crippen molar-refractivity contribution in [1.82, 2.24) is 10.2 Å². The van der Waals surface area contributed by atoms with Crippen LogP contribution in [0.3, 0.4) is 0 Å². The van der Waals surface area contributed by atoms with Gasteiger partial charge < -0.3 is 16.2 Å². The summed E-state index contributed by atoms with van der Waals surface area (Å²) in [7, 11) is 2.13. The second kappa shape index (κ2) is 12.2. The maximum Gasteiger partial charge on any atom is 0.0997 e. The molecule has 1 aliphatic heterocycles. The quantitative estimate of drug-likeness (QED) is 0.260. The molecule has 0 bridgehead atoms. The summed E-state index contributed by atoms with van der Waals surface area (Å²) in [5.41, 5.74) is 11.2. The Morgan fingerprint density at radius 2 is 1.74 bits per heavy atom. The van der Waals surface area contributed by atoms with Gasteiger partial charge >= 0.3 is 0 Å². The maximum atomic E-state index is 12.1. The molecule has 8 unspecified atom stereocenters. The number of aliphatic hydroxyl groups excluding tert-OH is 1. The van der Waals surface area contributed by atoms with Crippen LogP contribution < -0.4 is 11.1 Å². The normalized spacial score (nSPS) is 31.7. The van der Waals surface area contributed by atoms with Gasteiger partial charge in [-0.2, -0.15) is 0 Å². The van der Waals surface area contributed by atoms with Crippen LogP contribution in [-0.4, -0.2) is 35.5 Å². The van der Waals surface area contributed by atoms with Gasteiger partial charge in [0.1, 0.15) is 0 Å². The molecule has 0 spiro atoms. The number of aliphatic hydroxyl groups is 1. The number of dihydropyridines is 1. The monoisotopic (exact) mass is 529 g/mol. The van der Waals surface area contributed by atoms with E-state index < -0.39 is 0 Å². The highest BCUT2D eigenvalue weighted by molar-refractivity contribution is 5.42. The van der Waals surface area contributed by atoms with Gasteiger partial charge in [0, 0.05) is 5.92 Å². The number of likely N-dealkylation sites (N-methyl/N-ethyl adjacent to an activating group) is 1. The molecular formula is C35H51N3O. The Balaban J connectivity index is 1.50. The predicted octanol–water partition coefficient (Wildman–Crippen LogP) is 6.68. The van der Waals surface area contributed by atoms with Gasteiger partial charge in [0.2, 0.25) is 0 Å². The Bertz CT molecular complexity index is 1090. The molecule has 0 aromatic heterocycles. The molecule has 0 fully saturated rings. The molecule has 0 saturated heterocycles. The van der Waals surface area contributed by atoms with E-state index in [0.717, 1.165) is 12.8 Å². The number of nitrogens with two attached hydrogens (primary N) is 1. The van der Waals surface area contributed by atoms with E-state index in [1.165, 1.54) is 36.0 Å². The zero-order chi connectivity index (χ0) is 27.7. The molecular weight excluding hydrogens is 478 g/mol. The first kappa shape index (κ1) is 28.4. The van der Waals surface area contributed by atoms with Crippen molar-refractivity contribution in [2.24, 2.45) is 41.2 Å². The van der Waals surface area contributed by atoms with E-state index in [1.54, 1.807) is 0 Å². The average Bonchev–Trinajstić information content (AvgIpc) is 2.95. The van der Waals surface area contributed by atoms with Gasteiger partial charge in [-0.05, 0) is 116 Å². The fourth-order valence-electron chi connectivity index (χ4n) is 8.63. The van der Waals surface area contributed by atoms with Gasteiger partial charge in [0.25, 0.3) is 0 Å². The van der Waals surface area contributed by atoms with Crippen molar-refractivity contribution < 1.29 is 5.11 Å². The first-order chi connectivity index (χ1) is 18.8. The molecule has 1 aromatic rings. The minimum Gasteiger partial charge on any atom is -0.392 e. The Hall–Kier alpha value is -2.14. The fourth-order valence-corrected chi connectivity index (χ4v) is 8.63. The van der Waals surface area contributed by atoms with Crippen molar-refractivity contribution >= 4 is 0 Å². The summed E-state index contributed by atoms with van der Waals surface area (Å²) in [6.07, 6.45) is 21.2. The standard InChI is InChI=1S/C35H51N3O/c1-22(2)31(23(3)4)34(39)33-28-17-8-6-15-26(28)32(27-16-7-9-18-29(27)33)24-13-12-14-25(21-24)35(36)38(5)30-19-10-11-20-37-30/h6,8-11,15,17-24,27,29-35,37,39H,7,12-14,16,36H2,1-5H3. The first-order valence-electron chi connectivity index (χ1n) is 15.5. The lowest BCUT2D eigenvalue weighted by Crippen LogP contribution is -2.51. The van der Waals surface area contributed by atoms with Crippen LogP contribution in [0.4, 0.5) is 0 Å². The summed E-state index contributed by atoms with van der Waals surface area (Å²) in [6.45, 7) is 9.12. The zero-order valence-corrected chi connectivity index (χ0v) is 24.7. The van der Waals surface area contributed by atoms with Crippen molar-refractivity contribution in [3.05, 3.63) is 83.6 Å². The second-order valence-corrected chi connectivity index (χ2v) is 13.2. The van der Waals surface area contributed by atoms with Crippen LogP contribution in [0.25, 0.3) is 0 Å². The van der Waals surface area contributed by atoms with Crippen molar-refractivity contribution in [2.45, 2.75) is 90.1 Å². The number of rotatable bonds is 8. The number of nitrogens with one attached hydrogen (secondary N) is 1. The van der Waals surface area contributed by atoms with Crippen LogP contribution in [0, 0.1) is 35.5 Å². The molecule has 39 heavy (non-hydrogen) atoms. The van der Waals surface area contributed by atoms with Crippen LogP contribution in [0.15, 0.2) is 72.5 Å². The minimum atomic E-state index is -0.341. The number of allylic oxidation sites excluding steroid dienone is 5. The lowest BCUT2D eigenvalue weighted by atomic mass is 9.54. The SMILES string of the molecule is CC(C)C(C(C)C)C(O)C1c2ccccc2C(C2C=C(C(N)N(C)C3C=CC=CN3)CCC2)C2CCC=CC21. The number of benzene rings is 1. The summed E-state index contributed by atoms with van der Waals surface area (Å²) >= 11 is 0. The molecule has 0 saturated carbocycles. The van der Waals surface area contributed by atoms with E-state index in [1.807, 2.05) is 12.3 Å². The number of hydrogen-bond donors (Lipinski definition) is 3. The topological polar surface area (TPSA) is 61.5 Å². The van der Waals surface area contributed by atoms with E-state index in [2.05, 4.69) is 99.6 Å². The molecule has 0 radical (unpaired) electrons. The van der Waals surface area contributed by atoms with Gasteiger partial charge in [0.15, 0.2) is 0 Å². The molecule has 8 atom stereocenters. The third kappa shape index (κ3) is 5.58. The number of hydrogen-bond acceptors (Lipinski definition) is 4. The third-order valence-electron chi connectivity index (χ3n) is 10.3. The molecule has 4 nitrogen and oxygen atoms in total. The highest BCUT2D eigenvalue weighted by Gasteiger charge is 2.48. The molecule has 1 aromatic carbocycles. The largest absolute Gasteiger partial charge is 0.392 e. The maximum absolute atomic E-state index is 12.1. The predicted molar refractivity (Wildman–Crippen MR) is 163 cm³/mol. The van der Waals surface area contributed by atoms with Gasteiger partial charge in [-0.15, -0.1) is 0 Å². The van der Waals surface area contributed by atoms with Gasteiger partial charge in [-0.1, -0.05) is 76.3 Å². The molecule has 4 heteroatoms. The highest BCUT2D eigenvalue weighted by atomic mass is 16.3. The lowest BCUT2D eigenvalue weighted by molar-refractivity contribution is 0.00277. The van der Waals surface area contributed by atoms with Crippen molar-refractivity contribution in [1.29, 1.82) is 0 Å². The molecule has 0 amide bonds. The minimum absolute atomic E-state index is 0.102. The third-order valence-corrected chi connectivity index (χ3v) is 10.3. The second-order valence-electron chi connectivity index (χ2n) is 13.2. The van der Waals surface area contributed by atoms with Crippen molar-refractivity contribution in [3.63, 3.8) is 0 Å². The van der Waals surface area contributed by atoms with Gasteiger partial charge in [0.05, 0.1) is 18.4 Å². The number of fused-ring (bicyclic) bond motifs is 2. The van der Waals surface area contributed by atoms with Gasteiger partial charge in [-0.25, -0.2) is 0 Å². The molecule has 4 N–H and O–H groups in total. The van der Waals surface area contributed by atoms with E-state index in [0.29, 0.717) is 35.5 Å². The van der Waals surface area contributed by atoms with Crippen LogP contribution in [0.1, 0.15) is 82.8 Å². The average molecular weight is 530 g/mol. The molecule has 5 rings (SSSR count). The van der Waals surface area contributed by atoms with Crippen LogP contribution in [0.2, 0.25) is 0 Å². The Kier molecular flexibility index (Phi) is 8.85. The van der Waals surface area contributed by atoms with Crippen molar-refractivity contribution in [2.75, 3.05) is 7.05 Å². The molecule has 4 aliphatic rings. The summed E-state index contributed by atoms with van der Waals surface area (Å²) in [6, 6.07) is 9.12. The summed E-state index contributed by atoms with van der Waals surface area (Å²) in [5, 5.41) is 15.5. The Morgan fingerprint density at radius 1 is 1.00 bits per heavy atom. The first-order valence-corrected chi connectivity index (χ1v) is 15.5. The van der Waals surface area contributed by atoms with Crippen LogP contribution >= 0.6 is 0 Å². The van der Waals surface area contributed by atoms with E-state index in [9.17, 15) is 5.11 Å². The van der Waals surface area contributed by atoms with E-state index >= 15 is 0 Å². The van der Waals surface area contributed by atoms with Gasteiger partial charge in [-0.3, -0.25) is 4.90 Å². The smallest absolute Gasteiger partial charge is 0.0997 e. The zero-order valence-electron chi connectivity index (χ0n) is 24.7.